The van der Waals surface area contributed by atoms with E-state index in [1.807, 2.05) is 50.2 Å². The molecule has 0 unspecified atom stereocenters. The topological polar surface area (TPSA) is 54.0 Å². The molecule has 1 aromatic carbocycles. The van der Waals surface area contributed by atoms with E-state index in [0.29, 0.717) is 5.02 Å². The minimum Gasteiger partial charge on any atom is -0.332 e. The summed E-state index contributed by atoms with van der Waals surface area (Å²) in [6.07, 6.45) is 1.71. The van der Waals surface area contributed by atoms with Crippen molar-refractivity contribution < 1.29 is 4.79 Å². The van der Waals surface area contributed by atoms with Crippen molar-refractivity contribution in [2.75, 3.05) is 0 Å². The van der Waals surface area contributed by atoms with Crippen LogP contribution in [0.5, 0.6) is 0 Å². The van der Waals surface area contributed by atoms with Crippen LogP contribution in [0.4, 0.5) is 4.79 Å². The maximum atomic E-state index is 12.0. The molecule has 0 aliphatic heterocycles. The molecule has 1 heterocycles. The van der Waals surface area contributed by atoms with Crippen LogP contribution in [-0.4, -0.2) is 11.0 Å². The Bertz CT molecular complexity index is 603. The lowest BCUT2D eigenvalue weighted by Gasteiger charge is -2.18. The van der Waals surface area contributed by atoms with E-state index < -0.39 is 0 Å². The number of benzene rings is 1. The standard InChI is InChI=1S/C16H18ClN3O/c1-11(13-6-5-7-14(17)10-13)19-16(21)20-12(2)15-8-3-4-9-18-15/h3-12H,1-2H3,(H2,19,20,21)/t11-,12+/m0/s1. The van der Waals surface area contributed by atoms with Crippen molar-refractivity contribution in [2.24, 2.45) is 0 Å². The Morgan fingerprint density at radius 1 is 1.10 bits per heavy atom. The van der Waals surface area contributed by atoms with Gasteiger partial charge >= 0.3 is 6.03 Å². The third-order valence-electron chi connectivity index (χ3n) is 3.18. The van der Waals surface area contributed by atoms with E-state index >= 15 is 0 Å². The summed E-state index contributed by atoms with van der Waals surface area (Å²) in [6.45, 7) is 3.81. The zero-order valence-electron chi connectivity index (χ0n) is 12.0. The lowest BCUT2D eigenvalue weighted by Crippen LogP contribution is -2.38. The monoisotopic (exact) mass is 303 g/mol. The highest BCUT2D eigenvalue weighted by Gasteiger charge is 2.13. The van der Waals surface area contributed by atoms with Gasteiger partial charge in [0, 0.05) is 11.2 Å². The molecule has 0 bridgehead atoms. The summed E-state index contributed by atoms with van der Waals surface area (Å²) in [5.74, 6) is 0. The Kier molecular flexibility index (Phi) is 5.17. The lowest BCUT2D eigenvalue weighted by molar-refractivity contribution is 0.234. The minimum atomic E-state index is -0.236. The smallest absolute Gasteiger partial charge is 0.315 e. The number of hydrogen-bond acceptors (Lipinski definition) is 2. The van der Waals surface area contributed by atoms with Gasteiger partial charge in [-0.25, -0.2) is 4.79 Å². The van der Waals surface area contributed by atoms with E-state index in [9.17, 15) is 4.79 Å². The van der Waals surface area contributed by atoms with Gasteiger partial charge in [-0.3, -0.25) is 4.98 Å². The highest BCUT2D eigenvalue weighted by atomic mass is 35.5. The normalized spacial score (nSPS) is 13.3. The predicted octanol–water partition coefficient (Wildman–Crippen LogP) is 3.86. The fourth-order valence-electron chi connectivity index (χ4n) is 2.00. The average molecular weight is 304 g/mol. The highest BCUT2D eigenvalue weighted by molar-refractivity contribution is 6.30. The molecule has 0 saturated carbocycles. The van der Waals surface area contributed by atoms with Crippen molar-refractivity contribution in [1.82, 2.24) is 15.6 Å². The maximum absolute atomic E-state index is 12.0. The van der Waals surface area contributed by atoms with E-state index in [4.69, 9.17) is 11.6 Å². The van der Waals surface area contributed by atoms with Crippen LogP contribution < -0.4 is 10.6 Å². The molecule has 0 aliphatic carbocycles. The fraction of sp³-hybridized carbons (Fsp3) is 0.250. The van der Waals surface area contributed by atoms with Gasteiger partial charge in [-0.05, 0) is 43.7 Å². The summed E-state index contributed by atoms with van der Waals surface area (Å²) in [7, 11) is 0. The molecule has 5 heteroatoms. The van der Waals surface area contributed by atoms with Gasteiger partial charge in [0.05, 0.1) is 17.8 Å². The van der Waals surface area contributed by atoms with Gasteiger partial charge in [0.25, 0.3) is 0 Å². The van der Waals surface area contributed by atoms with Gasteiger partial charge in [0.2, 0.25) is 0 Å². The summed E-state index contributed by atoms with van der Waals surface area (Å²) in [5, 5.41) is 6.41. The molecule has 110 valence electrons. The van der Waals surface area contributed by atoms with Crippen LogP contribution in [0.1, 0.15) is 37.2 Å². The summed E-state index contributed by atoms with van der Waals surface area (Å²) in [4.78, 5) is 16.2. The van der Waals surface area contributed by atoms with Gasteiger partial charge in [0.1, 0.15) is 0 Å². The molecule has 0 radical (unpaired) electrons. The summed E-state index contributed by atoms with van der Waals surface area (Å²) < 4.78 is 0. The molecule has 21 heavy (non-hydrogen) atoms. The Morgan fingerprint density at radius 3 is 2.52 bits per heavy atom. The molecule has 2 rings (SSSR count). The van der Waals surface area contributed by atoms with Crippen LogP contribution in [-0.2, 0) is 0 Å². The van der Waals surface area contributed by atoms with Gasteiger partial charge in [-0.1, -0.05) is 29.8 Å². The molecule has 2 aromatic rings. The number of aromatic nitrogens is 1. The molecule has 0 spiro atoms. The first-order chi connectivity index (χ1) is 10.1. The van der Waals surface area contributed by atoms with Crippen LogP contribution in [0.3, 0.4) is 0 Å². The second kappa shape index (κ2) is 7.09. The number of carbonyl (C=O) groups is 1. The second-order valence-corrected chi connectivity index (χ2v) is 5.31. The molecule has 2 N–H and O–H groups in total. The Labute approximate surface area is 129 Å². The number of urea groups is 1. The molecule has 0 saturated heterocycles. The number of halogens is 1. The second-order valence-electron chi connectivity index (χ2n) is 4.87. The third-order valence-corrected chi connectivity index (χ3v) is 3.41. The van der Waals surface area contributed by atoms with Gasteiger partial charge in [-0.15, -0.1) is 0 Å². The van der Waals surface area contributed by atoms with Crippen LogP contribution in [0, 0.1) is 0 Å². The summed E-state index contributed by atoms with van der Waals surface area (Å²) in [5.41, 5.74) is 1.78. The van der Waals surface area contributed by atoms with E-state index in [0.717, 1.165) is 11.3 Å². The van der Waals surface area contributed by atoms with Crippen molar-refractivity contribution >= 4 is 17.6 Å². The number of nitrogens with one attached hydrogen (secondary N) is 2. The Balaban J connectivity index is 1.92. The number of carbonyl (C=O) groups excluding carboxylic acids is 1. The first-order valence-electron chi connectivity index (χ1n) is 6.79. The molecule has 1 aromatic heterocycles. The highest BCUT2D eigenvalue weighted by Crippen LogP contribution is 2.17. The number of hydrogen-bond donors (Lipinski definition) is 2. The maximum Gasteiger partial charge on any atom is 0.315 e. The van der Waals surface area contributed by atoms with Crippen molar-refractivity contribution in [3.05, 3.63) is 64.9 Å². The zero-order valence-corrected chi connectivity index (χ0v) is 12.8. The van der Waals surface area contributed by atoms with Crippen LogP contribution in [0.15, 0.2) is 48.7 Å². The molecule has 4 nitrogen and oxygen atoms in total. The lowest BCUT2D eigenvalue weighted by atomic mass is 10.1. The molecule has 0 fully saturated rings. The quantitative estimate of drug-likeness (QED) is 0.901. The number of amides is 2. The van der Waals surface area contributed by atoms with E-state index in [1.165, 1.54) is 0 Å². The molecule has 2 atom stereocenters. The van der Waals surface area contributed by atoms with Gasteiger partial charge in [-0.2, -0.15) is 0 Å². The number of nitrogens with zero attached hydrogens (tertiary/aromatic N) is 1. The molecular weight excluding hydrogens is 286 g/mol. The number of rotatable bonds is 4. The Hall–Kier alpha value is -2.07. The minimum absolute atomic E-state index is 0.125. The molecular formula is C16H18ClN3O. The van der Waals surface area contributed by atoms with Crippen LogP contribution in [0.2, 0.25) is 5.02 Å². The summed E-state index contributed by atoms with van der Waals surface area (Å²) in [6, 6.07) is 12.5. The predicted molar refractivity (Wildman–Crippen MR) is 84.2 cm³/mol. The van der Waals surface area contributed by atoms with Crippen molar-refractivity contribution in [1.29, 1.82) is 0 Å². The van der Waals surface area contributed by atoms with Crippen molar-refractivity contribution in [3.63, 3.8) is 0 Å². The average Bonchev–Trinajstić information content (AvgIpc) is 2.48. The van der Waals surface area contributed by atoms with E-state index in [-0.39, 0.29) is 18.1 Å². The van der Waals surface area contributed by atoms with Gasteiger partial charge < -0.3 is 10.6 Å². The largest absolute Gasteiger partial charge is 0.332 e. The Morgan fingerprint density at radius 2 is 1.86 bits per heavy atom. The van der Waals surface area contributed by atoms with E-state index in [2.05, 4.69) is 15.6 Å². The third kappa shape index (κ3) is 4.46. The van der Waals surface area contributed by atoms with Crippen molar-refractivity contribution in [3.8, 4) is 0 Å². The molecule has 0 aliphatic rings. The van der Waals surface area contributed by atoms with E-state index in [1.54, 1.807) is 12.3 Å². The van der Waals surface area contributed by atoms with Gasteiger partial charge in [0.15, 0.2) is 0 Å². The summed E-state index contributed by atoms with van der Waals surface area (Å²) >= 11 is 5.95. The first-order valence-corrected chi connectivity index (χ1v) is 7.17. The fourth-order valence-corrected chi connectivity index (χ4v) is 2.20. The van der Waals surface area contributed by atoms with Crippen LogP contribution in [0.25, 0.3) is 0 Å². The first kappa shape index (κ1) is 15.3. The molecule has 2 amide bonds. The number of pyridine rings is 1. The SMILES string of the molecule is C[C@H](NC(=O)N[C@H](C)c1ccccn1)c1cccc(Cl)c1. The zero-order chi connectivity index (χ0) is 15.2. The van der Waals surface area contributed by atoms with Crippen molar-refractivity contribution in [2.45, 2.75) is 25.9 Å². The van der Waals surface area contributed by atoms with Crippen LogP contribution >= 0.6 is 11.6 Å².